The highest BCUT2D eigenvalue weighted by atomic mass is 19.1. The van der Waals surface area contributed by atoms with Crippen LogP contribution in [-0.4, -0.2) is 55.0 Å². The number of anilines is 2. The number of halogens is 1. The van der Waals surface area contributed by atoms with Crippen molar-refractivity contribution in [3.05, 3.63) is 42.2 Å². The van der Waals surface area contributed by atoms with Crippen LogP contribution in [0.15, 0.2) is 36.5 Å². The summed E-state index contributed by atoms with van der Waals surface area (Å²) in [6.45, 7) is 0.855. The minimum atomic E-state index is -0.819. The van der Waals surface area contributed by atoms with E-state index >= 15 is 0 Å². The molecule has 29 heavy (non-hydrogen) atoms. The lowest BCUT2D eigenvalue weighted by Crippen LogP contribution is -2.39. The molecule has 0 saturated carbocycles. The van der Waals surface area contributed by atoms with E-state index in [9.17, 15) is 9.18 Å². The maximum atomic E-state index is 13.4. The number of rotatable bonds is 3. The Morgan fingerprint density at radius 1 is 1.28 bits per heavy atom. The zero-order chi connectivity index (χ0) is 20.0. The Morgan fingerprint density at radius 3 is 2.93 bits per heavy atom. The van der Waals surface area contributed by atoms with Crippen molar-refractivity contribution >= 4 is 39.3 Å². The summed E-state index contributed by atoms with van der Waals surface area (Å²) in [4.78, 5) is 18.9. The number of hydrogen-bond acceptors (Lipinski definition) is 5. The third kappa shape index (κ3) is 3.08. The molecular formula is C20H20FN7O. The summed E-state index contributed by atoms with van der Waals surface area (Å²) in [6.07, 6.45) is 1.67. The topological polar surface area (TPSA) is 91.7 Å². The fourth-order valence-corrected chi connectivity index (χ4v) is 3.77. The molecule has 148 valence electrons. The molecule has 0 unspecified atom stereocenters. The van der Waals surface area contributed by atoms with E-state index in [-0.39, 0.29) is 5.91 Å². The van der Waals surface area contributed by atoms with E-state index < -0.39 is 6.17 Å². The first-order valence-corrected chi connectivity index (χ1v) is 9.56. The molecule has 5 rings (SSSR count). The van der Waals surface area contributed by atoms with Crippen LogP contribution in [0.2, 0.25) is 0 Å². The van der Waals surface area contributed by atoms with Crippen LogP contribution in [0.3, 0.4) is 0 Å². The van der Waals surface area contributed by atoms with Gasteiger partial charge in [0, 0.05) is 37.4 Å². The molecule has 8 nitrogen and oxygen atoms in total. The van der Waals surface area contributed by atoms with E-state index in [4.69, 9.17) is 0 Å². The van der Waals surface area contributed by atoms with Gasteiger partial charge in [0.05, 0.1) is 11.0 Å². The monoisotopic (exact) mass is 393 g/mol. The summed E-state index contributed by atoms with van der Waals surface area (Å²) < 4.78 is 15.1. The Kier molecular flexibility index (Phi) is 4.15. The summed E-state index contributed by atoms with van der Waals surface area (Å²) in [6, 6.07) is 9.45. The standard InChI is InChI=1S/C20H20FN7O/c1-27-16-11-13(23-19-18-15(24-25-19)3-2-8-22-18)4-5-14(16)17(26-27)20(29)28-9-6-12(21)7-10-28/h2-5,8,11-12H,6-7,9-10H2,1H3,(H2,23,24,25). The number of fused-ring (bicyclic) bond motifs is 2. The third-order valence-corrected chi connectivity index (χ3v) is 5.35. The van der Waals surface area contributed by atoms with Gasteiger partial charge < -0.3 is 10.2 Å². The number of aryl methyl sites for hydroxylation is 1. The number of carbonyl (C=O) groups is 1. The number of carbonyl (C=O) groups excluding carboxylic acids is 1. The van der Waals surface area contributed by atoms with Crippen molar-refractivity contribution in [1.82, 2.24) is 29.9 Å². The molecule has 1 aromatic carbocycles. The molecule has 0 atom stereocenters. The molecule has 3 aromatic heterocycles. The Balaban J connectivity index is 1.45. The molecule has 0 bridgehead atoms. The number of H-pyrrole nitrogens is 1. The summed E-state index contributed by atoms with van der Waals surface area (Å²) >= 11 is 0. The van der Waals surface area contributed by atoms with Crippen LogP contribution < -0.4 is 5.32 Å². The van der Waals surface area contributed by atoms with Crippen molar-refractivity contribution in [3.63, 3.8) is 0 Å². The van der Waals surface area contributed by atoms with E-state index in [2.05, 4.69) is 25.6 Å². The lowest BCUT2D eigenvalue weighted by Gasteiger charge is -2.28. The highest BCUT2D eigenvalue weighted by Crippen LogP contribution is 2.27. The number of aromatic amines is 1. The molecule has 0 radical (unpaired) electrons. The number of nitrogens with one attached hydrogen (secondary N) is 2. The highest BCUT2D eigenvalue weighted by Gasteiger charge is 2.26. The van der Waals surface area contributed by atoms with Gasteiger partial charge in [-0.3, -0.25) is 19.6 Å². The molecule has 4 aromatic rings. The summed E-state index contributed by atoms with van der Waals surface area (Å²) in [5.41, 5.74) is 3.65. The predicted molar refractivity (Wildman–Crippen MR) is 108 cm³/mol. The number of hydrogen-bond donors (Lipinski definition) is 2. The van der Waals surface area contributed by atoms with Crippen LogP contribution in [0.1, 0.15) is 23.3 Å². The molecule has 1 aliphatic heterocycles. The van der Waals surface area contributed by atoms with Gasteiger partial charge in [-0.1, -0.05) is 0 Å². The van der Waals surface area contributed by atoms with Crippen LogP contribution in [-0.2, 0) is 7.05 Å². The van der Waals surface area contributed by atoms with E-state index in [1.165, 1.54) is 0 Å². The van der Waals surface area contributed by atoms with Crippen molar-refractivity contribution in [1.29, 1.82) is 0 Å². The first-order chi connectivity index (χ1) is 14.1. The fourth-order valence-electron chi connectivity index (χ4n) is 3.77. The second-order valence-corrected chi connectivity index (χ2v) is 7.27. The van der Waals surface area contributed by atoms with E-state index in [0.29, 0.717) is 37.4 Å². The lowest BCUT2D eigenvalue weighted by molar-refractivity contribution is 0.0662. The molecule has 2 N–H and O–H groups in total. The van der Waals surface area contributed by atoms with Crippen LogP contribution >= 0.6 is 0 Å². The average molecular weight is 393 g/mol. The van der Waals surface area contributed by atoms with E-state index in [1.807, 2.05) is 37.4 Å². The molecule has 9 heteroatoms. The molecule has 1 amide bonds. The highest BCUT2D eigenvalue weighted by molar-refractivity contribution is 6.05. The van der Waals surface area contributed by atoms with Gasteiger partial charge in [0.15, 0.2) is 11.5 Å². The maximum absolute atomic E-state index is 13.4. The predicted octanol–water partition coefficient (Wildman–Crippen LogP) is 3.16. The molecular weight excluding hydrogens is 373 g/mol. The van der Waals surface area contributed by atoms with Crippen LogP contribution in [0.5, 0.6) is 0 Å². The minimum Gasteiger partial charge on any atom is -0.337 e. The zero-order valence-corrected chi connectivity index (χ0v) is 15.9. The Hall–Kier alpha value is -3.49. The quantitative estimate of drug-likeness (QED) is 0.558. The van der Waals surface area contributed by atoms with Crippen molar-refractivity contribution < 1.29 is 9.18 Å². The second kappa shape index (κ2) is 6.84. The van der Waals surface area contributed by atoms with Gasteiger partial charge in [-0.15, -0.1) is 0 Å². The van der Waals surface area contributed by atoms with Gasteiger partial charge in [0.25, 0.3) is 5.91 Å². The van der Waals surface area contributed by atoms with Gasteiger partial charge in [-0.2, -0.15) is 10.2 Å². The van der Waals surface area contributed by atoms with Crippen LogP contribution in [0.25, 0.3) is 21.9 Å². The number of nitrogens with zero attached hydrogens (tertiary/aromatic N) is 5. The molecule has 1 fully saturated rings. The lowest BCUT2D eigenvalue weighted by atomic mass is 10.1. The van der Waals surface area contributed by atoms with Gasteiger partial charge in [-0.05, 0) is 43.2 Å². The van der Waals surface area contributed by atoms with Gasteiger partial charge >= 0.3 is 0 Å². The second-order valence-electron chi connectivity index (χ2n) is 7.27. The number of alkyl halides is 1. The number of amides is 1. The molecule has 1 saturated heterocycles. The molecule has 4 heterocycles. The Labute approximate surface area is 165 Å². The number of pyridine rings is 1. The van der Waals surface area contributed by atoms with E-state index in [0.717, 1.165) is 27.6 Å². The number of likely N-dealkylation sites (tertiary alicyclic amines) is 1. The summed E-state index contributed by atoms with van der Waals surface area (Å²) in [5.74, 6) is 0.484. The largest absolute Gasteiger partial charge is 0.337 e. The van der Waals surface area contributed by atoms with Crippen molar-refractivity contribution in [3.8, 4) is 0 Å². The van der Waals surface area contributed by atoms with Crippen molar-refractivity contribution in [2.75, 3.05) is 18.4 Å². The summed E-state index contributed by atoms with van der Waals surface area (Å²) in [7, 11) is 1.81. The maximum Gasteiger partial charge on any atom is 0.275 e. The smallest absolute Gasteiger partial charge is 0.275 e. The first kappa shape index (κ1) is 17.6. The SMILES string of the molecule is Cn1nc(C(=O)N2CCC(F)CC2)c2ccc(Nc3n[nH]c4cccnc34)cc21. The molecule has 0 spiro atoms. The minimum absolute atomic E-state index is 0.147. The van der Waals surface area contributed by atoms with Gasteiger partial charge in [0.2, 0.25) is 0 Å². The van der Waals surface area contributed by atoms with Gasteiger partial charge in [0.1, 0.15) is 11.7 Å². The molecule has 1 aliphatic rings. The number of aromatic nitrogens is 5. The molecule has 0 aliphatic carbocycles. The first-order valence-electron chi connectivity index (χ1n) is 9.56. The Morgan fingerprint density at radius 2 is 2.10 bits per heavy atom. The Bertz CT molecular complexity index is 1210. The fraction of sp³-hybridized carbons (Fsp3) is 0.300. The number of benzene rings is 1. The van der Waals surface area contributed by atoms with Crippen molar-refractivity contribution in [2.24, 2.45) is 7.05 Å². The zero-order valence-electron chi connectivity index (χ0n) is 15.9. The summed E-state index contributed by atoms with van der Waals surface area (Å²) in [5, 5.41) is 15.7. The van der Waals surface area contributed by atoms with E-state index in [1.54, 1.807) is 15.8 Å². The average Bonchev–Trinajstić information content (AvgIpc) is 3.29. The van der Waals surface area contributed by atoms with Crippen molar-refractivity contribution in [2.45, 2.75) is 19.0 Å². The van der Waals surface area contributed by atoms with Crippen LogP contribution in [0.4, 0.5) is 15.9 Å². The van der Waals surface area contributed by atoms with Gasteiger partial charge in [-0.25, -0.2) is 4.39 Å². The third-order valence-electron chi connectivity index (χ3n) is 5.35. The number of piperidine rings is 1. The van der Waals surface area contributed by atoms with Crippen LogP contribution in [0, 0.1) is 0 Å². The normalized spacial score (nSPS) is 15.3.